The quantitative estimate of drug-likeness (QED) is 0.371. The molecule has 1 N–H and O–H groups in total. The third kappa shape index (κ3) is 1.63. The average Bonchev–Trinajstić information content (AvgIpc) is 3.04. The Morgan fingerprint density at radius 1 is 0.407 bits per heavy atom. The zero-order valence-corrected chi connectivity index (χ0v) is 14.7. The molecule has 0 amide bonds. The van der Waals surface area contributed by atoms with Crippen LogP contribution in [-0.2, 0) is 5.41 Å². The summed E-state index contributed by atoms with van der Waals surface area (Å²) in [6, 6.07) is 33.6. The topological polar surface area (TPSA) is 21.4 Å². The van der Waals surface area contributed by atoms with E-state index in [0.717, 1.165) is 27.8 Å². The monoisotopic (exact) mass is 345 g/mol. The van der Waals surface area contributed by atoms with Crippen molar-refractivity contribution in [1.29, 1.82) is 0 Å². The molecular weight excluding hydrogens is 328 g/mol. The highest BCUT2D eigenvalue weighted by atomic mass is 16.1. The van der Waals surface area contributed by atoms with Crippen molar-refractivity contribution < 1.29 is 4.79 Å². The second kappa shape index (κ2) is 5.05. The summed E-state index contributed by atoms with van der Waals surface area (Å²) in [5.74, 6) is 0.425. The SMILES string of the molecule is [OH+]=C1c2ccccc2-c2ccccc2C12c1ccccc1-c1ccccc12. The van der Waals surface area contributed by atoms with Crippen molar-refractivity contribution in [2.45, 2.75) is 5.41 Å². The van der Waals surface area contributed by atoms with Gasteiger partial charge in [-0.3, -0.25) is 4.79 Å². The Labute approximate surface area is 157 Å². The predicted octanol–water partition coefficient (Wildman–Crippen LogP) is 5.58. The van der Waals surface area contributed by atoms with Crippen LogP contribution < -0.4 is 0 Å². The second-order valence-corrected chi connectivity index (χ2v) is 7.28. The predicted molar refractivity (Wildman–Crippen MR) is 110 cm³/mol. The highest BCUT2D eigenvalue weighted by Crippen LogP contribution is 2.57. The lowest BCUT2D eigenvalue weighted by Gasteiger charge is -2.34. The third-order valence-corrected chi connectivity index (χ3v) is 6.11. The Morgan fingerprint density at radius 2 is 0.741 bits per heavy atom. The van der Waals surface area contributed by atoms with Crippen molar-refractivity contribution in [3.8, 4) is 22.3 Å². The first kappa shape index (κ1) is 14.7. The van der Waals surface area contributed by atoms with Gasteiger partial charge in [0.05, 0.1) is 5.56 Å². The summed E-state index contributed by atoms with van der Waals surface area (Å²) in [4.78, 5) is 11.8. The van der Waals surface area contributed by atoms with E-state index < -0.39 is 5.41 Å². The van der Waals surface area contributed by atoms with E-state index in [4.69, 9.17) is 0 Å². The highest BCUT2D eigenvalue weighted by molar-refractivity contribution is 6.20. The van der Waals surface area contributed by atoms with Crippen LogP contribution in [0.2, 0.25) is 0 Å². The molecule has 4 aromatic carbocycles. The molecule has 2 aliphatic rings. The minimum Gasteiger partial charge on any atom is -0.276 e. The maximum absolute atomic E-state index is 11.8. The Bertz CT molecular complexity index is 1200. The van der Waals surface area contributed by atoms with E-state index in [-0.39, 0.29) is 0 Å². The highest BCUT2D eigenvalue weighted by Gasteiger charge is 2.57. The first-order valence-electron chi connectivity index (χ1n) is 9.28. The molecule has 0 aromatic heterocycles. The van der Waals surface area contributed by atoms with E-state index in [1.807, 2.05) is 18.2 Å². The van der Waals surface area contributed by atoms with Gasteiger partial charge >= 0.3 is 5.78 Å². The number of rotatable bonds is 0. The summed E-state index contributed by atoms with van der Waals surface area (Å²) in [5, 5.41) is 0. The van der Waals surface area contributed by atoms with Gasteiger partial charge in [-0.2, -0.15) is 0 Å². The molecule has 2 aliphatic carbocycles. The van der Waals surface area contributed by atoms with E-state index in [1.165, 1.54) is 16.7 Å². The van der Waals surface area contributed by atoms with Crippen molar-refractivity contribution in [2.75, 3.05) is 0 Å². The van der Waals surface area contributed by atoms with Gasteiger partial charge < -0.3 is 0 Å². The van der Waals surface area contributed by atoms with Crippen molar-refractivity contribution in [3.63, 3.8) is 0 Å². The molecule has 0 saturated heterocycles. The number of hydrogen-bond acceptors (Lipinski definition) is 0. The summed E-state index contributed by atoms with van der Waals surface area (Å²) in [5.41, 5.74) is 8.42. The first-order valence-corrected chi connectivity index (χ1v) is 9.28. The molecule has 1 nitrogen and oxygen atoms in total. The molecule has 27 heavy (non-hydrogen) atoms. The summed E-state index contributed by atoms with van der Waals surface area (Å²) < 4.78 is 0. The van der Waals surface area contributed by atoms with Gasteiger partial charge in [0.25, 0.3) is 0 Å². The van der Waals surface area contributed by atoms with E-state index >= 15 is 0 Å². The minimum absolute atomic E-state index is 0.425. The molecule has 0 atom stereocenters. The van der Waals surface area contributed by atoms with Crippen molar-refractivity contribution >= 4 is 5.78 Å². The van der Waals surface area contributed by atoms with Crippen LogP contribution in [-0.4, -0.2) is 10.6 Å². The van der Waals surface area contributed by atoms with Crippen LogP contribution in [0.25, 0.3) is 22.3 Å². The summed E-state index contributed by atoms with van der Waals surface area (Å²) in [7, 11) is 0. The lowest BCUT2D eigenvalue weighted by Crippen LogP contribution is -2.40. The fourth-order valence-electron chi connectivity index (χ4n) is 5.08. The molecule has 0 radical (unpaired) electrons. The van der Waals surface area contributed by atoms with Gasteiger partial charge in [0.2, 0.25) is 0 Å². The van der Waals surface area contributed by atoms with Crippen molar-refractivity contribution in [2.24, 2.45) is 0 Å². The lowest BCUT2D eigenvalue weighted by atomic mass is 9.62. The van der Waals surface area contributed by atoms with Crippen molar-refractivity contribution in [3.05, 3.63) is 119 Å². The molecule has 1 heteroatoms. The van der Waals surface area contributed by atoms with Gasteiger partial charge in [0.1, 0.15) is 0 Å². The second-order valence-electron chi connectivity index (χ2n) is 7.28. The van der Waals surface area contributed by atoms with Crippen LogP contribution in [0, 0.1) is 0 Å². The Kier molecular flexibility index (Phi) is 2.75. The molecule has 0 unspecified atom stereocenters. The standard InChI is InChI=1S/C26H16O/c27-25-21-13-2-1-9-17(21)18-10-3-6-14-22(18)26(25)23-15-7-4-11-19(23)20-12-5-8-16-24(20)26/h1-16H/p+1. The Morgan fingerprint density at radius 3 is 1.22 bits per heavy atom. The molecule has 6 rings (SSSR count). The maximum atomic E-state index is 11.8. The Balaban J connectivity index is 1.85. The Hall–Kier alpha value is -3.45. The number of hydrogen-bond donors (Lipinski definition) is 0. The van der Waals surface area contributed by atoms with Gasteiger partial charge in [-0.25, -0.2) is 0 Å². The minimum atomic E-state index is -0.655. The van der Waals surface area contributed by atoms with Crippen LogP contribution in [0.5, 0.6) is 0 Å². The van der Waals surface area contributed by atoms with E-state index in [2.05, 4.69) is 78.9 Å². The van der Waals surface area contributed by atoms with Crippen LogP contribution in [0.3, 0.4) is 0 Å². The molecule has 4 aromatic rings. The number of benzene rings is 4. The molecule has 0 heterocycles. The maximum Gasteiger partial charge on any atom is 0.343 e. The molecular formula is C26H17O+. The molecule has 126 valence electrons. The van der Waals surface area contributed by atoms with Crippen LogP contribution in [0.4, 0.5) is 0 Å². The van der Waals surface area contributed by atoms with Crippen LogP contribution >= 0.6 is 0 Å². The van der Waals surface area contributed by atoms with Gasteiger partial charge in [0.15, 0.2) is 5.41 Å². The normalized spacial score (nSPS) is 15.0. The van der Waals surface area contributed by atoms with E-state index in [0.29, 0.717) is 5.78 Å². The van der Waals surface area contributed by atoms with Gasteiger partial charge in [-0.15, -0.1) is 0 Å². The van der Waals surface area contributed by atoms with Gasteiger partial charge in [0, 0.05) is 0 Å². The largest absolute Gasteiger partial charge is 0.343 e. The third-order valence-electron chi connectivity index (χ3n) is 6.11. The van der Waals surface area contributed by atoms with Crippen molar-refractivity contribution in [1.82, 2.24) is 0 Å². The van der Waals surface area contributed by atoms with Gasteiger partial charge in [-0.1, -0.05) is 91.0 Å². The van der Waals surface area contributed by atoms with Crippen LogP contribution in [0.1, 0.15) is 22.3 Å². The fourth-order valence-corrected chi connectivity index (χ4v) is 5.08. The number of ketones is 1. The molecule has 0 aliphatic heterocycles. The summed E-state index contributed by atoms with van der Waals surface area (Å²) in [6.45, 7) is 0. The zero-order valence-electron chi connectivity index (χ0n) is 14.7. The van der Waals surface area contributed by atoms with Crippen LogP contribution in [0.15, 0.2) is 97.1 Å². The smallest absolute Gasteiger partial charge is 0.276 e. The fraction of sp³-hybridized carbons (Fsp3) is 0.0385. The summed E-state index contributed by atoms with van der Waals surface area (Å²) >= 11 is 0. The van der Waals surface area contributed by atoms with E-state index in [9.17, 15) is 4.79 Å². The molecule has 0 bridgehead atoms. The number of carbonyl (C=O) groups excluding carboxylic acids is 1. The molecule has 0 fully saturated rings. The summed E-state index contributed by atoms with van der Waals surface area (Å²) in [6.07, 6.45) is 0. The number of fused-ring (bicyclic) bond motifs is 9. The lowest BCUT2D eigenvalue weighted by molar-refractivity contribution is 0.625. The molecule has 0 saturated carbocycles. The van der Waals surface area contributed by atoms with Gasteiger partial charge in [-0.05, 0) is 45.0 Å². The van der Waals surface area contributed by atoms with E-state index in [1.54, 1.807) is 0 Å². The first-order chi connectivity index (χ1) is 13.3. The zero-order chi connectivity index (χ0) is 18.0. The average molecular weight is 345 g/mol. The molecule has 1 spiro atoms.